The summed E-state index contributed by atoms with van der Waals surface area (Å²) in [5.41, 5.74) is 2.94. The summed E-state index contributed by atoms with van der Waals surface area (Å²) in [6, 6.07) is 33.1. The molecule has 0 aromatic heterocycles. The van der Waals surface area contributed by atoms with Gasteiger partial charge in [-0.2, -0.15) is 0 Å². The molecule has 1 amide bonds. The van der Waals surface area contributed by atoms with Gasteiger partial charge in [-0.05, 0) is 59.4 Å². The van der Waals surface area contributed by atoms with Gasteiger partial charge in [-0.15, -0.1) is 0 Å². The fourth-order valence-electron chi connectivity index (χ4n) is 5.78. The molecule has 1 unspecified atom stereocenters. The second-order valence-electron chi connectivity index (χ2n) is 10.5. The van der Waals surface area contributed by atoms with E-state index in [2.05, 4.69) is 65.7 Å². The molecule has 198 valence electrons. The number of rotatable bonds is 7. The number of ether oxygens (including phenoxy) is 1. The molecule has 4 aromatic rings. The van der Waals surface area contributed by atoms with Crippen LogP contribution in [0.4, 0.5) is 5.69 Å². The Morgan fingerprint density at radius 2 is 1.62 bits per heavy atom. The normalized spacial score (nSPS) is 22.4. The second-order valence-corrected chi connectivity index (χ2v) is 11.6. The molecule has 1 aliphatic heterocycles. The van der Waals surface area contributed by atoms with Crippen LogP contribution in [0.5, 0.6) is 5.75 Å². The molecular weight excluding hydrogens is 500 g/mol. The van der Waals surface area contributed by atoms with Crippen molar-refractivity contribution < 1.29 is 9.53 Å². The van der Waals surface area contributed by atoms with E-state index in [1.807, 2.05) is 54.6 Å². The monoisotopic (exact) mass is 534 g/mol. The van der Waals surface area contributed by atoms with Crippen molar-refractivity contribution >= 4 is 40.2 Å². The summed E-state index contributed by atoms with van der Waals surface area (Å²) >= 11 is 1.61. The third-order valence-corrected chi connectivity index (χ3v) is 8.98. The molecule has 1 saturated carbocycles. The maximum Gasteiger partial charge on any atom is 0.262 e. The lowest BCUT2D eigenvalue weighted by Gasteiger charge is -2.39. The number of para-hydroxylation sites is 1. The Hall–Kier alpha value is -3.70. The quantitative estimate of drug-likeness (QED) is 0.242. The van der Waals surface area contributed by atoms with Gasteiger partial charge in [0.2, 0.25) is 0 Å². The summed E-state index contributed by atoms with van der Waals surface area (Å²) in [5.74, 6) is 1.37. The highest BCUT2D eigenvalue weighted by Crippen LogP contribution is 2.43. The van der Waals surface area contributed by atoms with Gasteiger partial charge < -0.3 is 15.0 Å². The standard InChI is InChI=1S/C34H34N2O2S/c1-24-12-8-11-19-30(24)36-33(37)32(39-34(36)35-27-16-6-3-7-17-27)22-29-28-18-10-9-15-26(28)20-21-31(29)38-23-25-13-4-2-5-14-25/h2-7,9-10,13-18,20-22,24,30,34-35H,8,11-12,19,23H2,1H3/b32-22-/t24-,30-,34?/m0/s1. The Labute approximate surface area is 235 Å². The van der Waals surface area contributed by atoms with Gasteiger partial charge in [0.25, 0.3) is 5.91 Å². The second kappa shape index (κ2) is 11.6. The molecule has 0 bridgehead atoms. The van der Waals surface area contributed by atoms with Crippen LogP contribution in [0.15, 0.2) is 102 Å². The summed E-state index contributed by atoms with van der Waals surface area (Å²) in [7, 11) is 0. The molecular formula is C34H34N2O2S. The summed E-state index contributed by atoms with van der Waals surface area (Å²) in [5, 5.41) is 5.86. The summed E-state index contributed by atoms with van der Waals surface area (Å²) in [4.78, 5) is 17.0. The third kappa shape index (κ3) is 5.55. The highest BCUT2D eigenvalue weighted by molar-refractivity contribution is 8.05. The molecule has 2 aliphatic rings. The van der Waals surface area contributed by atoms with Crippen LogP contribution in [0.1, 0.15) is 43.7 Å². The molecule has 2 fully saturated rings. The molecule has 5 heteroatoms. The van der Waals surface area contributed by atoms with Crippen molar-refractivity contribution in [2.24, 2.45) is 5.92 Å². The van der Waals surface area contributed by atoms with Gasteiger partial charge >= 0.3 is 0 Å². The van der Waals surface area contributed by atoms with E-state index < -0.39 is 0 Å². The van der Waals surface area contributed by atoms with Gasteiger partial charge in [0.15, 0.2) is 5.50 Å². The van der Waals surface area contributed by atoms with E-state index in [-0.39, 0.29) is 17.4 Å². The van der Waals surface area contributed by atoms with E-state index in [1.54, 1.807) is 11.8 Å². The van der Waals surface area contributed by atoms with E-state index in [4.69, 9.17) is 4.74 Å². The van der Waals surface area contributed by atoms with Crippen LogP contribution in [0, 0.1) is 5.92 Å². The largest absolute Gasteiger partial charge is 0.488 e. The average molecular weight is 535 g/mol. The maximum absolute atomic E-state index is 14.1. The number of hydrogen-bond donors (Lipinski definition) is 1. The zero-order valence-corrected chi connectivity index (χ0v) is 23.1. The number of nitrogens with zero attached hydrogens (tertiary/aromatic N) is 1. The number of fused-ring (bicyclic) bond motifs is 1. The van der Waals surface area contributed by atoms with Crippen molar-refractivity contribution in [1.29, 1.82) is 0 Å². The van der Waals surface area contributed by atoms with Crippen LogP contribution in [-0.2, 0) is 11.4 Å². The van der Waals surface area contributed by atoms with Crippen LogP contribution in [0.3, 0.4) is 0 Å². The minimum atomic E-state index is -0.152. The molecule has 4 aromatic carbocycles. The molecule has 6 rings (SSSR count). The van der Waals surface area contributed by atoms with Gasteiger partial charge in [-0.25, -0.2) is 0 Å². The number of amides is 1. The van der Waals surface area contributed by atoms with Gasteiger partial charge in [0, 0.05) is 17.3 Å². The molecule has 0 radical (unpaired) electrons. The molecule has 39 heavy (non-hydrogen) atoms. The maximum atomic E-state index is 14.1. The van der Waals surface area contributed by atoms with E-state index in [0.29, 0.717) is 12.5 Å². The first-order chi connectivity index (χ1) is 19.2. The number of carbonyl (C=O) groups excluding carboxylic acids is 1. The lowest BCUT2D eigenvalue weighted by atomic mass is 9.85. The van der Waals surface area contributed by atoms with E-state index in [9.17, 15) is 4.79 Å². The first-order valence-corrected chi connectivity index (χ1v) is 14.8. The fourth-order valence-corrected chi connectivity index (χ4v) is 6.98. The molecule has 4 nitrogen and oxygen atoms in total. The minimum absolute atomic E-state index is 0.106. The number of anilines is 1. The summed E-state index contributed by atoms with van der Waals surface area (Å²) in [6.45, 7) is 2.77. The van der Waals surface area contributed by atoms with E-state index >= 15 is 0 Å². The molecule has 1 heterocycles. The zero-order chi connectivity index (χ0) is 26.6. The SMILES string of the molecule is C[C@H]1CCCC[C@@H]1N1C(=O)/C(=C/c2c(OCc3ccccc3)ccc3ccccc23)SC1Nc1ccccc1. The topological polar surface area (TPSA) is 41.6 Å². The first-order valence-electron chi connectivity index (χ1n) is 13.9. The Balaban J connectivity index is 1.38. The Morgan fingerprint density at radius 1 is 0.897 bits per heavy atom. The number of thioether (sulfide) groups is 1. The predicted molar refractivity (Wildman–Crippen MR) is 162 cm³/mol. The van der Waals surface area contributed by atoms with Crippen molar-refractivity contribution in [3.63, 3.8) is 0 Å². The molecule has 1 saturated heterocycles. The van der Waals surface area contributed by atoms with Crippen molar-refractivity contribution in [1.82, 2.24) is 4.90 Å². The van der Waals surface area contributed by atoms with Gasteiger partial charge in [0.05, 0.1) is 4.91 Å². The number of nitrogens with one attached hydrogen (secondary N) is 1. The van der Waals surface area contributed by atoms with Gasteiger partial charge in [0.1, 0.15) is 12.4 Å². The zero-order valence-electron chi connectivity index (χ0n) is 22.3. The molecule has 0 spiro atoms. The van der Waals surface area contributed by atoms with Crippen LogP contribution in [0.25, 0.3) is 16.8 Å². The predicted octanol–water partition coefficient (Wildman–Crippen LogP) is 8.31. The van der Waals surface area contributed by atoms with Gasteiger partial charge in [-0.1, -0.05) is 110 Å². The molecule has 3 atom stereocenters. The van der Waals surface area contributed by atoms with Gasteiger partial charge in [-0.3, -0.25) is 4.79 Å². The van der Waals surface area contributed by atoms with Crippen molar-refractivity contribution in [3.05, 3.63) is 113 Å². The number of benzene rings is 4. The smallest absolute Gasteiger partial charge is 0.262 e. The van der Waals surface area contributed by atoms with E-state index in [1.165, 1.54) is 12.8 Å². The van der Waals surface area contributed by atoms with Crippen LogP contribution < -0.4 is 10.1 Å². The number of carbonyl (C=O) groups is 1. The molecule has 1 N–H and O–H groups in total. The Morgan fingerprint density at radius 3 is 2.41 bits per heavy atom. The summed E-state index contributed by atoms with van der Waals surface area (Å²) < 4.78 is 6.37. The van der Waals surface area contributed by atoms with Crippen molar-refractivity contribution in [3.8, 4) is 5.75 Å². The Kier molecular flexibility index (Phi) is 7.60. The fraction of sp³-hybridized carbons (Fsp3) is 0.265. The highest BCUT2D eigenvalue weighted by atomic mass is 32.2. The van der Waals surface area contributed by atoms with Crippen LogP contribution in [0.2, 0.25) is 0 Å². The third-order valence-electron chi connectivity index (χ3n) is 7.87. The Bertz CT molecular complexity index is 1470. The lowest BCUT2D eigenvalue weighted by molar-refractivity contribution is -0.129. The minimum Gasteiger partial charge on any atom is -0.488 e. The average Bonchev–Trinajstić information content (AvgIpc) is 3.27. The summed E-state index contributed by atoms with van der Waals surface area (Å²) in [6.07, 6.45) is 6.68. The van der Waals surface area contributed by atoms with E-state index in [0.717, 1.165) is 51.1 Å². The lowest BCUT2D eigenvalue weighted by Crippen LogP contribution is -2.48. The van der Waals surface area contributed by atoms with Crippen molar-refractivity contribution in [2.75, 3.05) is 5.32 Å². The van der Waals surface area contributed by atoms with Crippen LogP contribution in [-0.4, -0.2) is 22.3 Å². The first kappa shape index (κ1) is 25.6. The van der Waals surface area contributed by atoms with Crippen LogP contribution >= 0.6 is 11.8 Å². The number of hydrogen-bond acceptors (Lipinski definition) is 4. The molecule has 1 aliphatic carbocycles. The van der Waals surface area contributed by atoms with Crippen molar-refractivity contribution in [2.45, 2.75) is 50.8 Å². The highest BCUT2D eigenvalue weighted by Gasteiger charge is 2.43.